The topological polar surface area (TPSA) is 90.0 Å². The van der Waals surface area contributed by atoms with Crippen LogP contribution in [0.3, 0.4) is 0 Å². The highest BCUT2D eigenvalue weighted by molar-refractivity contribution is 5.40. The molecule has 0 radical (unpaired) electrons. The predicted molar refractivity (Wildman–Crippen MR) is 189 cm³/mol. The van der Waals surface area contributed by atoms with Crippen molar-refractivity contribution in [2.24, 2.45) is 5.41 Å². The number of anilines is 2. The highest BCUT2D eigenvalue weighted by atomic mass is 15.3. The van der Waals surface area contributed by atoms with E-state index in [-0.39, 0.29) is 33.1 Å². The van der Waals surface area contributed by atoms with Crippen LogP contribution in [0.2, 0.25) is 0 Å². The van der Waals surface area contributed by atoms with Gasteiger partial charge in [-0.15, -0.1) is 0 Å². The first kappa shape index (κ1) is 37.0. The Labute approximate surface area is 271 Å². The van der Waals surface area contributed by atoms with E-state index < -0.39 is 0 Å². The van der Waals surface area contributed by atoms with E-state index in [0.717, 1.165) is 50.5 Å². The molecule has 0 atom stereocenters. The highest BCUT2D eigenvalue weighted by Crippen LogP contribution is 2.34. The molecule has 44 heavy (non-hydrogen) atoms. The minimum Gasteiger partial charge on any atom is -0.349 e. The molecule has 0 amide bonds. The molecule has 2 saturated heterocycles. The lowest BCUT2D eigenvalue weighted by molar-refractivity contribution is 0.146. The first-order valence-electron chi connectivity index (χ1n) is 17.5. The van der Waals surface area contributed by atoms with Crippen LogP contribution in [0.1, 0.15) is 154 Å². The van der Waals surface area contributed by atoms with Crippen LogP contribution in [0.15, 0.2) is 0 Å². The van der Waals surface area contributed by atoms with Gasteiger partial charge >= 0.3 is 0 Å². The van der Waals surface area contributed by atoms with E-state index in [1.54, 1.807) is 0 Å². The standard InChI is InChI=1S/C36H70N8/c1-26-38-29(41-36(13,14)25-31(2,3)4)40-30(39-26)44(28-23-34(9,10)43-35(11,12)24-28)20-18-16-15-17-19-37-27-21-32(5,6)42-33(7,8)22-27/h27-28,37,42-43H,15-25H2,1-14H3,(H,38,39,40,41). The number of hydrogen-bond acceptors (Lipinski definition) is 8. The molecule has 0 saturated carbocycles. The Morgan fingerprint density at radius 3 is 1.80 bits per heavy atom. The van der Waals surface area contributed by atoms with Gasteiger partial charge < -0.3 is 26.2 Å². The average molecular weight is 615 g/mol. The van der Waals surface area contributed by atoms with Gasteiger partial charge in [-0.1, -0.05) is 33.6 Å². The largest absolute Gasteiger partial charge is 0.349 e. The van der Waals surface area contributed by atoms with E-state index in [1.807, 2.05) is 6.92 Å². The minimum absolute atomic E-state index is 0.0476. The molecule has 4 N–H and O–H groups in total. The summed E-state index contributed by atoms with van der Waals surface area (Å²) in [6.07, 6.45) is 10.3. The summed E-state index contributed by atoms with van der Waals surface area (Å²) in [5.74, 6) is 2.29. The van der Waals surface area contributed by atoms with Crippen LogP contribution in [0.25, 0.3) is 0 Å². The molecule has 8 nitrogen and oxygen atoms in total. The van der Waals surface area contributed by atoms with Crippen LogP contribution in [-0.4, -0.2) is 67.8 Å². The Morgan fingerprint density at radius 1 is 0.727 bits per heavy atom. The lowest BCUT2D eigenvalue weighted by Crippen LogP contribution is -2.62. The summed E-state index contributed by atoms with van der Waals surface area (Å²) in [6, 6.07) is 0.957. The molecule has 0 bridgehead atoms. The zero-order valence-corrected chi connectivity index (χ0v) is 31.2. The Bertz CT molecular complexity index is 1040. The first-order valence-corrected chi connectivity index (χ1v) is 17.5. The second-order valence-corrected chi connectivity index (χ2v) is 18.8. The average Bonchev–Trinajstić information content (AvgIpc) is 2.74. The number of piperidine rings is 2. The maximum atomic E-state index is 5.08. The number of hydrogen-bond donors (Lipinski definition) is 4. The number of nitrogens with one attached hydrogen (secondary N) is 4. The molecule has 1 aromatic rings. The lowest BCUT2D eigenvalue weighted by atomic mass is 9.79. The molecule has 3 rings (SSSR count). The maximum Gasteiger partial charge on any atom is 0.230 e. The maximum absolute atomic E-state index is 5.08. The Kier molecular flexibility index (Phi) is 11.5. The molecular weight excluding hydrogens is 544 g/mol. The van der Waals surface area contributed by atoms with Gasteiger partial charge in [-0.3, -0.25) is 0 Å². The third-order valence-corrected chi connectivity index (χ3v) is 8.97. The van der Waals surface area contributed by atoms with Crippen LogP contribution < -0.4 is 26.2 Å². The Hall–Kier alpha value is -1.51. The molecule has 2 fully saturated rings. The summed E-state index contributed by atoms with van der Waals surface area (Å²) >= 11 is 0. The summed E-state index contributed by atoms with van der Waals surface area (Å²) in [4.78, 5) is 17.3. The van der Waals surface area contributed by atoms with Crippen LogP contribution in [0.4, 0.5) is 11.9 Å². The van der Waals surface area contributed by atoms with Gasteiger partial charge in [0.1, 0.15) is 5.82 Å². The summed E-state index contributed by atoms with van der Waals surface area (Å²) in [5.41, 5.74) is 0.548. The normalized spacial score (nSPS) is 22.1. The summed E-state index contributed by atoms with van der Waals surface area (Å²) < 4.78 is 0. The van der Waals surface area contributed by atoms with Crippen molar-refractivity contribution in [3.8, 4) is 0 Å². The molecular formula is C36H70N8. The van der Waals surface area contributed by atoms with Crippen LogP contribution in [-0.2, 0) is 0 Å². The van der Waals surface area contributed by atoms with Crippen molar-refractivity contribution in [1.82, 2.24) is 30.9 Å². The van der Waals surface area contributed by atoms with E-state index in [4.69, 9.17) is 15.0 Å². The number of aryl methyl sites for hydroxylation is 1. The van der Waals surface area contributed by atoms with Crippen molar-refractivity contribution in [3.05, 3.63) is 5.82 Å². The van der Waals surface area contributed by atoms with E-state index >= 15 is 0 Å². The number of aromatic nitrogens is 3. The van der Waals surface area contributed by atoms with Gasteiger partial charge in [0.05, 0.1) is 0 Å². The molecule has 2 aliphatic heterocycles. The quantitative estimate of drug-likeness (QED) is 0.171. The van der Waals surface area contributed by atoms with Gasteiger partial charge in [-0.05, 0) is 133 Å². The fourth-order valence-corrected chi connectivity index (χ4v) is 8.79. The van der Waals surface area contributed by atoms with Crippen molar-refractivity contribution in [1.29, 1.82) is 0 Å². The van der Waals surface area contributed by atoms with E-state index in [0.29, 0.717) is 18.0 Å². The number of unbranched alkanes of at least 4 members (excludes halogenated alkanes) is 3. The van der Waals surface area contributed by atoms with Gasteiger partial charge in [0.25, 0.3) is 0 Å². The van der Waals surface area contributed by atoms with Crippen molar-refractivity contribution in [3.63, 3.8) is 0 Å². The van der Waals surface area contributed by atoms with Crippen LogP contribution in [0, 0.1) is 12.3 Å². The van der Waals surface area contributed by atoms with Crippen LogP contribution >= 0.6 is 0 Å². The molecule has 2 aliphatic rings. The number of nitrogens with zero attached hydrogens (tertiary/aromatic N) is 4. The summed E-state index contributed by atoms with van der Waals surface area (Å²) in [5, 5.41) is 15.2. The minimum atomic E-state index is -0.124. The molecule has 8 heteroatoms. The lowest BCUT2D eigenvalue weighted by Gasteiger charge is -2.49. The highest BCUT2D eigenvalue weighted by Gasteiger charge is 2.41. The van der Waals surface area contributed by atoms with E-state index in [9.17, 15) is 0 Å². The van der Waals surface area contributed by atoms with Gasteiger partial charge in [-0.25, -0.2) is 0 Å². The third-order valence-electron chi connectivity index (χ3n) is 8.97. The number of rotatable bonds is 13. The molecule has 0 aromatic carbocycles. The summed E-state index contributed by atoms with van der Waals surface area (Å²) in [7, 11) is 0. The van der Waals surface area contributed by atoms with Crippen molar-refractivity contribution in [2.45, 2.75) is 194 Å². The van der Waals surface area contributed by atoms with Gasteiger partial charge in [-0.2, -0.15) is 15.0 Å². The molecule has 0 aliphatic carbocycles. The van der Waals surface area contributed by atoms with Crippen molar-refractivity contribution >= 4 is 11.9 Å². The van der Waals surface area contributed by atoms with E-state index in [2.05, 4.69) is 116 Å². The van der Waals surface area contributed by atoms with Crippen LogP contribution in [0.5, 0.6) is 0 Å². The SMILES string of the molecule is Cc1nc(NC(C)(C)CC(C)(C)C)nc(N(CCCCCCNC2CC(C)(C)NC(C)(C)C2)C2CC(C)(C)NC(C)(C)C2)n1. The first-order chi connectivity index (χ1) is 19.9. The second kappa shape index (κ2) is 13.7. The van der Waals surface area contributed by atoms with Gasteiger partial charge in [0.15, 0.2) is 0 Å². The second-order valence-electron chi connectivity index (χ2n) is 18.8. The summed E-state index contributed by atoms with van der Waals surface area (Å²) in [6.45, 7) is 34.1. The smallest absolute Gasteiger partial charge is 0.230 e. The fraction of sp³-hybridized carbons (Fsp3) is 0.917. The molecule has 254 valence electrons. The Morgan fingerprint density at radius 2 is 1.25 bits per heavy atom. The van der Waals surface area contributed by atoms with Crippen molar-refractivity contribution < 1.29 is 0 Å². The Balaban J connectivity index is 1.66. The zero-order chi connectivity index (χ0) is 33.2. The predicted octanol–water partition coefficient (Wildman–Crippen LogP) is 7.38. The molecule has 3 heterocycles. The molecule has 0 unspecified atom stereocenters. The molecule has 1 aromatic heterocycles. The monoisotopic (exact) mass is 615 g/mol. The molecule has 0 spiro atoms. The van der Waals surface area contributed by atoms with Crippen molar-refractivity contribution in [2.75, 3.05) is 23.3 Å². The van der Waals surface area contributed by atoms with Gasteiger partial charge in [0, 0.05) is 46.3 Å². The third kappa shape index (κ3) is 12.4. The van der Waals surface area contributed by atoms with Gasteiger partial charge in [0.2, 0.25) is 11.9 Å². The fourth-order valence-electron chi connectivity index (χ4n) is 8.79. The van der Waals surface area contributed by atoms with E-state index in [1.165, 1.54) is 32.1 Å². The zero-order valence-electron chi connectivity index (χ0n) is 31.2.